The summed E-state index contributed by atoms with van der Waals surface area (Å²) in [5.74, 6) is -0.768. The number of halogens is 3. The number of nitrogens with one attached hydrogen (secondary N) is 1. The minimum Gasteiger partial charge on any atom is -0.289 e. The lowest BCUT2D eigenvalue weighted by atomic mass is 10.1. The quantitative estimate of drug-likeness (QED) is 0.725. The molecule has 0 saturated carbocycles. The minimum atomic E-state index is -0.387. The van der Waals surface area contributed by atoms with Gasteiger partial charge < -0.3 is 0 Å². The highest BCUT2D eigenvalue weighted by Gasteiger charge is 2.25. The van der Waals surface area contributed by atoms with Crippen LogP contribution in [0, 0.1) is 0 Å². The molecule has 0 fully saturated rings. The average molecular weight is 410 g/mol. The van der Waals surface area contributed by atoms with Gasteiger partial charge in [0, 0.05) is 25.1 Å². The van der Waals surface area contributed by atoms with Crippen LogP contribution in [0.1, 0.15) is 5.56 Å². The third-order valence-corrected chi connectivity index (χ3v) is 3.74. The third-order valence-electron chi connectivity index (χ3n) is 2.03. The second-order valence-corrected chi connectivity index (χ2v) is 5.75. The number of amides is 2. The first-order valence-electron chi connectivity index (χ1n) is 4.21. The highest BCUT2D eigenvalue weighted by molar-refractivity contribution is 9.11. The zero-order valence-corrected chi connectivity index (χ0v) is 12.4. The Hall–Kier alpha value is -0.460. The van der Waals surface area contributed by atoms with Gasteiger partial charge >= 0.3 is 0 Å². The van der Waals surface area contributed by atoms with Crippen molar-refractivity contribution in [3.63, 3.8) is 0 Å². The molecule has 1 aromatic carbocycles. The average Bonchev–Trinajstić information content (AvgIpc) is 2.43. The van der Waals surface area contributed by atoms with E-state index < -0.39 is 0 Å². The molecule has 0 saturated heterocycles. The lowest BCUT2D eigenvalue weighted by Gasteiger charge is -2.07. The summed E-state index contributed by atoms with van der Waals surface area (Å²) >= 11 is 10.1. The predicted molar refractivity (Wildman–Crippen MR) is 70.7 cm³/mol. The van der Waals surface area contributed by atoms with Crippen LogP contribution in [0.3, 0.4) is 0 Å². The van der Waals surface area contributed by atoms with Crippen molar-refractivity contribution in [3.05, 3.63) is 37.2 Å². The van der Waals surface area contributed by atoms with Gasteiger partial charge in [0.2, 0.25) is 0 Å². The van der Waals surface area contributed by atoms with Crippen LogP contribution in [-0.4, -0.2) is 11.8 Å². The van der Waals surface area contributed by atoms with E-state index in [0.29, 0.717) is 11.1 Å². The molecule has 16 heavy (non-hydrogen) atoms. The molecule has 1 heterocycles. The number of benzene rings is 1. The molecule has 3 nitrogen and oxygen atoms in total. The number of carbonyl (C=O) groups is 2. The lowest BCUT2D eigenvalue weighted by Crippen LogP contribution is -2.21. The smallest absolute Gasteiger partial charge is 0.258 e. The third kappa shape index (κ3) is 2.14. The van der Waals surface area contributed by atoms with Crippen LogP contribution in [0.15, 0.2) is 31.6 Å². The van der Waals surface area contributed by atoms with Gasteiger partial charge in [-0.3, -0.25) is 14.9 Å². The molecule has 0 aliphatic carbocycles. The van der Waals surface area contributed by atoms with Crippen LogP contribution in [0.25, 0.3) is 5.57 Å². The van der Waals surface area contributed by atoms with E-state index in [1.165, 1.54) is 6.08 Å². The van der Waals surface area contributed by atoms with Crippen molar-refractivity contribution in [2.24, 2.45) is 0 Å². The van der Waals surface area contributed by atoms with Gasteiger partial charge in [0.05, 0.1) is 5.57 Å². The van der Waals surface area contributed by atoms with Crippen LogP contribution in [0.2, 0.25) is 0 Å². The van der Waals surface area contributed by atoms with Crippen LogP contribution >= 0.6 is 47.8 Å². The molecule has 82 valence electrons. The van der Waals surface area contributed by atoms with E-state index in [1.807, 2.05) is 12.1 Å². The number of carbonyl (C=O) groups excluding carboxylic acids is 2. The first-order valence-corrected chi connectivity index (χ1v) is 6.59. The lowest BCUT2D eigenvalue weighted by molar-refractivity contribution is -0.123. The molecular weight excluding hydrogens is 406 g/mol. The highest BCUT2D eigenvalue weighted by atomic mass is 79.9. The Kier molecular flexibility index (Phi) is 3.32. The highest BCUT2D eigenvalue weighted by Crippen LogP contribution is 2.35. The Morgan fingerprint density at radius 1 is 1.00 bits per heavy atom. The van der Waals surface area contributed by atoms with Crippen molar-refractivity contribution in [2.75, 3.05) is 0 Å². The largest absolute Gasteiger partial charge is 0.289 e. The Morgan fingerprint density at radius 3 is 2.00 bits per heavy atom. The van der Waals surface area contributed by atoms with Gasteiger partial charge in [-0.15, -0.1) is 0 Å². The van der Waals surface area contributed by atoms with E-state index in [4.69, 9.17) is 0 Å². The fourth-order valence-corrected chi connectivity index (χ4v) is 4.08. The molecule has 1 N–H and O–H groups in total. The van der Waals surface area contributed by atoms with Crippen molar-refractivity contribution < 1.29 is 9.59 Å². The summed E-state index contributed by atoms with van der Waals surface area (Å²) in [6, 6.07) is 3.63. The maximum Gasteiger partial charge on any atom is 0.258 e. The molecular formula is C10H4Br3NO2. The van der Waals surface area contributed by atoms with E-state index in [0.717, 1.165) is 13.4 Å². The van der Waals surface area contributed by atoms with Gasteiger partial charge in [-0.05, 0) is 12.1 Å². The first kappa shape index (κ1) is 12.0. The summed E-state index contributed by atoms with van der Waals surface area (Å²) in [5, 5.41) is 2.21. The molecule has 1 aliphatic rings. The van der Waals surface area contributed by atoms with Crippen LogP contribution in [-0.2, 0) is 9.59 Å². The molecule has 0 spiro atoms. The second-order valence-electron chi connectivity index (χ2n) is 3.12. The molecule has 0 atom stereocenters. The summed E-state index contributed by atoms with van der Waals surface area (Å²) < 4.78 is 2.36. The summed E-state index contributed by atoms with van der Waals surface area (Å²) in [4.78, 5) is 22.6. The van der Waals surface area contributed by atoms with Crippen molar-refractivity contribution >= 4 is 65.2 Å². The molecule has 1 aliphatic heterocycles. The fraction of sp³-hybridized carbons (Fsp3) is 0. The molecule has 1 aromatic rings. The molecule has 2 rings (SSSR count). The zero-order valence-electron chi connectivity index (χ0n) is 7.68. The normalized spacial score (nSPS) is 15.1. The van der Waals surface area contributed by atoms with Crippen LogP contribution in [0.4, 0.5) is 0 Å². The van der Waals surface area contributed by atoms with Crippen LogP contribution < -0.4 is 5.32 Å². The minimum absolute atomic E-state index is 0.358. The molecule has 0 unspecified atom stereocenters. The molecule has 6 heteroatoms. The Labute approximate surface area is 117 Å². The standard InChI is InChI=1S/C10H4Br3NO2/c11-4-1-6(12)9(7(13)2-4)5-3-8(15)14-10(5)16/h1-3H,(H,14,15,16). The van der Waals surface area contributed by atoms with E-state index >= 15 is 0 Å². The summed E-state index contributed by atoms with van der Waals surface area (Å²) in [6.45, 7) is 0. The predicted octanol–water partition coefficient (Wildman–Crippen LogP) is 3.01. The van der Waals surface area contributed by atoms with Gasteiger partial charge in [0.25, 0.3) is 11.8 Å². The van der Waals surface area contributed by atoms with Crippen molar-refractivity contribution in [1.82, 2.24) is 5.32 Å². The van der Waals surface area contributed by atoms with Gasteiger partial charge in [0.1, 0.15) is 0 Å². The molecule has 2 amide bonds. The van der Waals surface area contributed by atoms with Crippen molar-refractivity contribution in [2.45, 2.75) is 0 Å². The van der Waals surface area contributed by atoms with Crippen LogP contribution in [0.5, 0.6) is 0 Å². The van der Waals surface area contributed by atoms with E-state index in [1.54, 1.807) is 0 Å². The van der Waals surface area contributed by atoms with Crippen molar-refractivity contribution in [1.29, 1.82) is 0 Å². The van der Waals surface area contributed by atoms with Gasteiger partial charge in [-0.2, -0.15) is 0 Å². The Balaban J connectivity index is 2.61. The summed E-state index contributed by atoms with van der Waals surface area (Å²) in [7, 11) is 0. The SMILES string of the molecule is O=C1C=C(c2c(Br)cc(Br)cc2Br)C(=O)N1. The van der Waals surface area contributed by atoms with Gasteiger partial charge in [0.15, 0.2) is 0 Å². The number of imide groups is 1. The van der Waals surface area contributed by atoms with E-state index in [9.17, 15) is 9.59 Å². The molecule has 0 aromatic heterocycles. The number of rotatable bonds is 1. The maximum absolute atomic E-state index is 11.5. The second kappa shape index (κ2) is 4.43. The summed E-state index contributed by atoms with van der Waals surface area (Å²) in [6.07, 6.45) is 1.29. The van der Waals surface area contributed by atoms with Gasteiger partial charge in [-0.1, -0.05) is 47.8 Å². The summed E-state index contributed by atoms with van der Waals surface area (Å²) in [5.41, 5.74) is 1.03. The molecule has 0 radical (unpaired) electrons. The van der Waals surface area contributed by atoms with E-state index in [-0.39, 0.29) is 11.8 Å². The van der Waals surface area contributed by atoms with E-state index in [2.05, 4.69) is 53.1 Å². The molecule has 0 bridgehead atoms. The number of hydrogen-bond donors (Lipinski definition) is 1. The van der Waals surface area contributed by atoms with Gasteiger partial charge in [-0.25, -0.2) is 0 Å². The Morgan fingerprint density at radius 2 is 1.56 bits per heavy atom. The fourth-order valence-electron chi connectivity index (χ4n) is 1.40. The van der Waals surface area contributed by atoms with Crippen molar-refractivity contribution in [3.8, 4) is 0 Å². The number of hydrogen-bond acceptors (Lipinski definition) is 2. The maximum atomic E-state index is 11.5. The monoisotopic (exact) mass is 407 g/mol. The topological polar surface area (TPSA) is 46.2 Å². The first-order chi connectivity index (χ1) is 7.49. The zero-order chi connectivity index (χ0) is 11.9. The Bertz CT molecular complexity index is 514.